The second-order valence-electron chi connectivity index (χ2n) is 21.2. The Hall–Kier alpha value is -1.17. The van der Waals surface area contributed by atoms with Crippen LogP contribution in [0.2, 0.25) is 0 Å². The van der Waals surface area contributed by atoms with Gasteiger partial charge >= 0.3 is 5.97 Å². The van der Waals surface area contributed by atoms with Gasteiger partial charge in [0.25, 0.3) is 0 Å². The molecule has 7 heterocycles. The van der Waals surface area contributed by atoms with Crippen molar-refractivity contribution in [3.05, 3.63) is 0 Å². The summed E-state index contributed by atoms with van der Waals surface area (Å²) in [6, 6.07) is 0. The van der Waals surface area contributed by atoms with Gasteiger partial charge in [0.05, 0.1) is 79.4 Å². The van der Waals surface area contributed by atoms with Crippen LogP contribution in [0.1, 0.15) is 114 Å². The van der Waals surface area contributed by atoms with Gasteiger partial charge in [0.1, 0.15) is 11.2 Å². The van der Waals surface area contributed by atoms with Crippen molar-refractivity contribution in [3.8, 4) is 0 Å². The summed E-state index contributed by atoms with van der Waals surface area (Å²) >= 11 is 0. The van der Waals surface area contributed by atoms with E-state index in [0.29, 0.717) is 19.3 Å². The molecule has 7 saturated heterocycles. The van der Waals surface area contributed by atoms with Crippen LogP contribution in [-0.4, -0.2) is 182 Å². The summed E-state index contributed by atoms with van der Waals surface area (Å²) in [6.07, 6.45) is -2.92. The van der Waals surface area contributed by atoms with E-state index >= 15 is 0 Å². The first-order chi connectivity index (χ1) is 31.0. The molecule has 0 aliphatic carbocycles. The van der Waals surface area contributed by atoms with Crippen LogP contribution >= 0.6 is 0 Å². The zero-order valence-corrected chi connectivity index (χ0v) is 41.7. The maximum absolute atomic E-state index is 12.1. The van der Waals surface area contributed by atoms with Crippen molar-refractivity contribution in [1.82, 2.24) is 0 Å². The molecule has 0 radical (unpaired) electrons. The number of methoxy groups -OCH3 is 5. The highest BCUT2D eigenvalue weighted by atomic mass is 16.7. The summed E-state index contributed by atoms with van der Waals surface area (Å²) in [5.74, 6) is -8.80. The molecule has 1 spiro atoms. The standard InChI is InChI=1S/C48H82O18/c1-23-38(62-37-20-18-30(54-10)28(6)59-37)25(3)46(9,52)65-39(23)33-16-15-31(60-33)32-17-19-35(61-32)45(8)42(57-13)27(5)48(66-45)24(2)34(55-11)21-29(63-48)22-36-44(7,58-14)41(56-12)26(4)47(53,64-36)40(49)43(50)51/h23-42,49,52-53H,15-22H2,1-14H3,(H,50,51)/t23?,24-,25?,26+,27-,28?,29+,30?,31-,32+,33-,34-,35-,36+,37?,38?,39?,40+,41+,42-,44+,45-,46?,47+,48?/m1/s1. The number of hydrogen-bond acceptors (Lipinski definition) is 17. The average molecular weight is 947 g/mol. The SMILES string of the molecule is COC1CCC(OC2C(C)C([C@H]3CC[C@H]([C@@H]4CC[C@H]([C@@]5(C)OC6(O[C@H](C[C@@H]7O[C@](O)([C@@H](O)C(=O)O)[C@@H](C)[C@H](OC)[C@@]7(C)OC)C[C@@H](OC)[C@H]6C)[C@H](C)[C@H]5OC)O4)O3)OC(C)(O)C2C)OC1C. The van der Waals surface area contributed by atoms with Gasteiger partial charge in [-0.1, -0.05) is 34.6 Å². The van der Waals surface area contributed by atoms with Crippen LogP contribution in [0.5, 0.6) is 0 Å². The van der Waals surface area contributed by atoms with E-state index in [0.717, 1.165) is 25.7 Å². The quantitative estimate of drug-likeness (QED) is 0.194. The summed E-state index contributed by atoms with van der Waals surface area (Å²) in [6.45, 7) is 17.2. The Labute approximate surface area is 391 Å². The Morgan fingerprint density at radius 2 is 1.33 bits per heavy atom. The first-order valence-corrected chi connectivity index (χ1v) is 24.4. The van der Waals surface area contributed by atoms with Gasteiger partial charge in [-0.05, 0) is 59.8 Å². The third kappa shape index (κ3) is 8.95. The van der Waals surface area contributed by atoms with E-state index in [9.17, 15) is 25.2 Å². The molecular weight excluding hydrogens is 865 g/mol. The molecule has 18 heteroatoms. The maximum Gasteiger partial charge on any atom is 0.338 e. The van der Waals surface area contributed by atoms with Crippen LogP contribution in [0.25, 0.3) is 0 Å². The summed E-state index contributed by atoms with van der Waals surface area (Å²) in [5, 5.41) is 43.9. The normalized spacial score (nSPS) is 53.9. The second kappa shape index (κ2) is 19.8. The van der Waals surface area contributed by atoms with Crippen LogP contribution in [0.3, 0.4) is 0 Å². The van der Waals surface area contributed by atoms with Crippen molar-refractivity contribution in [1.29, 1.82) is 0 Å². The van der Waals surface area contributed by atoms with Crippen LogP contribution in [0, 0.1) is 29.6 Å². The number of hydrogen-bond donors (Lipinski definition) is 4. The molecule has 0 aromatic carbocycles. The highest BCUT2D eigenvalue weighted by Gasteiger charge is 2.70. The molecule has 0 aromatic heterocycles. The molecule has 0 amide bonds. The lowest BCUT2D eigenvalue weighted by Crippen LogP contribution is -2.72. The Morgan fingerprint density at radius 1 is 0.697 bits per heavy atom. The van der Waals surface area contributed by atoms with Crippen LogP contribution < -0.4 is 0 Å². The van der Waals surface area contributed by atoms with Crippen molar-refractivity contribution in [3.63, 3.8) is 0 Å². The van der Waals surface area contributed by atoms with Crippen molar-refractivity contribution in [2.24, 2.45) is 29.6 Å². The summed E-state index contributed by atoms with van der Waals surface area (Å²) in [5.41, 5.74) is -2.16. The fourth-order valence-corrected chi connectivity index (χ4v) is 13.3. The molecule has 7 fully saturated rings. The number of rotatable bonds is 14. The number of carbonyl (C=O) groups is 1. The largest absolute Gasteiger partial charge is 0.479 e. The third-order valence-electron chi connectivity index (χ3n) is 17.6. The van der Waals surface area contributed by atoms with E-state index < -0.39 is 83.4 Å². The molecule has 382 valence electrons. The highest BCUT2D eigenvalue weighted by Crippen LogP contribution is 2.57. The second-order valence-corrected chi connectivity index (χ2v) is 21.2. The maximum atomic E-state index is 12.1. The molecule has 0 aromatic rings. The first-order valence-electron chi connectivity index (χ1n) is 24.4. The predicted octanol–water partition coefficient (Wildman–Crippen LogP) is 3.94. The van der Waals surface area contributed by atoms with Crippen molar-refractivity contribution in [2.45, 2.75) is 234 Å². The summed E-state index contributed by atoms with van der Waals surface area (Å²) in [7, 11) is 7.98. The smallest absolute Gasteiger partial charge is 0.338 e. The number of aliphatic carboxylic acids is 1. The van der Waals surface area contributed by atoms with Gasteiger partial charge in [0.15, 0.2) is 17.9 Å². The van der Waals surface area contributed by atoms with Crippen molar-refractivity contribution >= 4 is 5.97 Å². The highest BCUT2D eigenvalue weighted by molar-refractivity contribution is 5.73. The minimum absolute atomic E-state index is 0.0182. The minimum atomic E-state index is -2.50. The molecule has 66 heavy (non-hydrogen) atoms. The lowest BCUT2D eigenvalue weighted by atomic mass is 9.73. The number of aliphatic hydroxyl groups is 3. The van der Waals surface area contributed by atoms with Crippen molar-refractivity contribution < 1.29 is 86.8 Å². The Morgan fingerprint density at radius 3 is 1.94 bits per heavy atom. The molecule has 0 bridgehead atoms. The van der Waals surface area contributed by atoms with Gasteiger partial charge in [-0.25, -0.2) is 4.79 Å². The van der Waals surface area contributed by atoms with Gasteiger partial charge in [-0.2, -0.15) is 0 Å². The number of carboxylic acid groups (broad SMARTS) is 1. The van der Waals surface area contributed by atoms with E-state index in [1.807, 2.05) is 27.7 Å². The van der Waals surface area contributed by atoms with Gasteiger partial charge < -0.3 is 82.0 Å². The monoisotopic (exact) mass is 947 g/mol. The summed E-state index contributed by atoms with van der Waals surface area (Å²) in [4.78, 5) is 12.1. The Balaban J connectivity index is 1.05. The molecular formula is C48H82O18. The molecule has 4 N–H and O–H groups in total. The van der Waals surface area contributed by atoms with Crippen molar-refractivity contribution in [2.75, 3.05) is 35.5 Å². The van der Waals surface area contributed by atoms with Gasteiger partial charge in [-0.15, -0.1) is 0 Å². The van der Waals surface area contributed by atoms with E-state index in [2.05, 4.69) is 13.8 Å². The molecule has 7 aliphatic rings. The van der Waals surface area contributed by atoms with E-state index in [1.165, 1.54) is 14.2 Å². The zero-order chi connectivity index (χ0) is 48.5. The van der Waals surface area contributed by atoms with E-state index in [4.69, 9.17) is 61.6 Å². The zero-order valence-electron chi connectivity index (χ0n) is 41.7. The fraction of sp³-hybridized carbons (Fsp3) is 0.979. The van der Waals surface area contributed by atoms with E-state index in [1.54, 1.807) is 42.1 Å². The van der Waals surface area contributed by atoms with Gasteiger partial charge in [0, 0.05) is 84.4 Å². The van der Waals surface area contributed by atoms with Gasteiger partial charge in [0.2, 0.25) is 11.9 Å². The molecule has 0 saturated carbocycles. The number of carboxylic acids is 1. The molecule has 7 aliphatic heterocycles. The minimum Gasteiger partial charge on any atom is -0.479 e. The first kappa shape index (κ1) is 52.6. The molecule has 9 unspecified atom stereocenters. The molecule has 7 rings (SSSR count). The lowest BCUT2D eigenvalue weighted by Gasteiger charge is -2.56. The van der Waals surface area contributed by atoms with Crippen LogP contribution in [-0.2, 0) is 66.4 Å². The van der Waals surface area contributed by atoms with Gasteiger partial charge in [-0.3, -0.25) is 0 Å². The average Bonchev–Trinajstić information content (AvgIpc) is 4.02. The van der Waals surface area contributed by atoms with E-state index in [-0.39, 0.29) is 78.9 Å². The lowest BCUT2D eigenvalue weighted by molar-refractivity contribution is -0.389. The predicted molar refractivity (Wildman–Crippen MR) is 234 cm³/mol. The molecule has 25 atom stereocenters. The number of ether oxygens (including phenoxy) is 13. The van der Waals surface area contributed by atoms with Crippen LogP contribution in [0.4, 0.5) is 0 Å². The number of aliphatic hydroxyl groups excluding tert-OH is 1. The summed E-state index contributed by atoms with van der Waals surface area (Å²) < 4.78 is 83.8. The topological polar surface area (TPSA) is 218 Å². The Bertz CT molecular complexity index is 1660. The third-order valence-corrected chi connectivity index (χ3v) is 17.6. The fourth-order valence-electron chi connectivity index (χ4n) is 13.3. The van der Waals surface area contributed by atoms with Crippen LogP contribution in [0.15, 0.2) is 0 Å². The molecule has 18 nitrogen and oxygen atoms in total. The Kier molecular flexibility index (Phi) is 15.8.